The summed E-state index contributed by atoms with van der Waals surface area (Å²) < 4.78 is 28.0. The summed E-state index contributed by atoms with van der Waals surface area (Å²) in [5, 5.41) is 9.03. The number of hydrogen-bond acceptors (Lipinski definition) is 9. The van der Waals surface area contributed by atoms with E-state index in [4.69, 9.17) is 5.73 Å². The van der Waals surface area contributed by atoms with Crippen molar-refractivity contribution in [2.75, 3.05) is 36.4 Å². The molecule has 11 nitrogen and oxygen atoms in total. The van der Waals surface area contributed by atoms with Gasteiger partial charge in [-0.15, -0.1) is 11.3 Å². The number of aromatic nitrogens is 3. The number of sulfonamides is 1. The lowest BCUT2D eigenvalue weighted by Gasteiger charge is -2.35. The predicted molar refractivity (Wildman–Crippen MR) is 135 cm³/mol. The number of aromatic amines is 1. The molecule has 0 spiro atoms. The quantitative estimate of drug-likeness (QED) is 0.424. The topological polar surface area (TPSA) is 154 Å². The lowest BCUT2D eigenvalue weighted by Crippen LogP contribution is -2.48. The summed E-state index contributed by atoms with van der Waals surface area (Å²) in [5.41, 5.74) is 6.90. The first-order chi connectivity index (χ1) is 16.6. The molecule has 1 aliphatic heterocycles. The second-order valence-electron chi connectivity index (χ2n) is 8.48. The molecule has 0 aromatic carbocycles. The van der Waals surface area contributed by atoms with Gasteiger partial charge in [-0.3, -0.25) is 9.59 Å². The summed E-state index contributed by atoms with van der Waals surface area (Å²) in [4.78, 5) is 30.3. The third-order valence-corrected chi connectivity index (χ3v) is 9.20. The van der Waals surface area contributed by atoms with Gasteiger partial charge in [0.25, 0.3) is 15.6 Å². The van der Waals surface area contributed by atoms with E-state index in [0.29, 0.717) is 42.6 Å². The summed E-state index contributed by atoms with van der Waals surface area (Å²) in [6.45, 7) is 5.42. The molecule has 1 atom stereocenters. The Morgan fingerprint density at radius 1 is 1.11 bits per heavy atom. The van der Waals surface area contributed by atoms with Crippen molar-refractivity contribution < 1.29 is 13.2 Å². The van der Waals surface area contributed by atoms with Crippen molar-refractivity contribution in [3.63, 3.8) is 0 Å². The Bertz CT molecular complexity index is 1320. The van der Waals surface area contributed by atoms with Gasteiger partial charge in [-0.2, -0.15) is 9.40 Å². The Morgan fingerprint density at radius 3 is 2.46 bits per heavy atom. The standard InChI is InChI=1S/C22H27N7O4S2/c1-14(2)21(23)22(31)25-18-6-3-15(13-24-18)28-9-11-29(12-10-28)35(32,33)20-8-5-17(34-20)16-4-7-19(30)27-26-16/h3-8,13-14,21H,9-12,23H2,1-2H3,(H,27,30)(H,24,25,31). The number of nitrogens with two attached hydrogens (primary N) is 1. The Hall–Kier alpha value is -3.13. The summed E-state index contributed by atoms with van der Waals surface area (Å²) in [5.74, 6) is 0.150. The molecular formula is C22H27N7O4S2. The minimum atomic E-state index is -3.65. The minimum absolute atomic E-state index is 0.0168. The fourth-order valence-corrected chi connectivity index (χ4v) is 6.40. The molecule has 4 heterocycles. The van der Waals surface area contributed by atoms with Crippen LogP contribution in [0.1, 0.15) is 13.8 Å². The van der Waals surface area contributed by atoms with E-state index in [1.165, 1.54) is 10.4 Å². The summed E-state index contributed by atoms with van der Waals surface area (Å²) >= 11 is 1.12. The number of piperazine rings is 1. The second-order valence-corrected chi connectivity index (χ2v) is 11.7. The number of rotatable bonds is 7. The number of thiophene rings is 1. The van der Waals surface area contributed by atoms with Crippen LogP contribution in [-0.2, 0) is 14.8 Å². The van der Waals surface area contributed by atoms with Crippen molar-refractivity contribution in [2.45, 2.75) is 24.1 Å². The van der Waals surface area contributed by atoms with Crippen molar-refractivity contribution in [1.82, 2.24) is 19.5 Å². The van der Waals surface area contributed by atoms with Gasteiger partial charge in [-0.05, 0) is 36.2 Å². The van der Waals surface area contributed by atoms with Gasteiger partial charge in [0.15, 0.2) is 0 Å². The molecule has 186 valence electrons. The molecule has 13 heteroatoms. The Morgan fingerprint density at radius 2 is 1.86 bits per heavy atom. The van der Waals surface area contributed by atoms with Gasteiger partial charge in [-0.1, -0.05) is 13.8 Å². The van der Waals surface area contributed by atoms with E-state index >= 15 is 0 Å². The van der Waals surface area contributed by atoms with E-state index in [0.717, 1.165) is 17.0 Å². The largest absolute Gasteiger partial charge is 0.368 e. The summed E-state index contributed by atoms with van der Waals surface area (Å²) in [7, 11) is -3.65. The molecule has 0 saturated carbocycles. The number of H-pyrrole nitrogens is 1. The molecule has 0 aliphatic carbocycles. The predicted octanol–water partition coefficient (Wildman–Crippen LogP) is 1.33. The van der Waals surface area contributed by atoms with E-state index in [9.17, 15) is 18.0 Å². The molecule has 4 N–H and O–H groups in total. The van der Waals surface area contributed by atoms with Crippen LogP contribution in [0.4, 0.5) is 11.5 Å². The molecule has 3 aromatic heterocycles. The fourth-order valence-electron chi connectivity index (χ4n) is 3.55. The van der Waals surface area contributed by atoms with Crippen molar-refractivity contribution >= 4 is 38.8 Å². The average Bonchev–Trinajstić information content (AvgIpc) is 3.36. The third-order valence-electron chi connectivity index (χ3n) is 5.73. The van der Waals surface area contributed by atoms with E-state index in [-0.39, 0.29) is 21.6 Å². The van der Waals surface area contributed by atoms with Gasteiger partial charge in [-0.25, -0.2) is 18.5 Å². The maximum atomic E-state index is 13.2. The van der Waals surface area contributed by atoms with Crippen molar-refractivity contribution in [3.8, 4) is 10.6 Å². The molecule has 1 aliphatic rings. The zero-order chi connectivity index (χ0) is 25.2. The highest BCUT2D eigenvalue weighted by molar-refractivity contribution is 7.91. The maximum Gasteiger partial charge on any atom is 0.264 e. The Labute approximate surface area is 207 Å². The van der Waals surface area contributed by atoms with Crippen LogP contribution in [0.25, 0.3) is 10.6 Å². The van der Waals surface area contributed by atoms with Gasteiger partial charge < -0.3 is 16.0 Å². The van der Waals surface area contributed by atoms with Crippen LogP contribution in [0.15, 0.2) is 51.6 Å². The van der Waals surface area contributed by atoms with Crippen LogP contribution in [0.3, 0.4) is 0 Å². The first-order valence-electron chi connectivity index (χ1n) is 11.1. The van der Waals surface area contributed by atoms with Gasteiger partial charge in [0.1, 0.15) is 15.7 Å². The third kappa shape index (κ3) is 5.59. The van der Waals surface area contributed by atoms with Crippen LogP contribution >= 0.6 is 11.3 Å². The highest BCUT2D eigenvalue weighted by Crippen LogP contribution is 2.31. The number of nitrogens with one attached hydrogen (secondary N) is 2. The number of carbonyl (C=O) groups is 1. The van der Waals surface area contributed by atoms with E-state index < -0.39 is 16.1 Å². The second kappa shape index (κ2) is 10.2. The highest BCUT2D eigenvalue weighted by atomic mass is 32.2. The summed E-state index contributed by atoms with van der Waals surface area (Å²) in [6, 6.07) is 9.11. The highest BCUT2D eigenvalue weighted by Gasteiger charge is 2.30. The molecule has 3 aromatic rings. The number of carbonyl (C=O) groups excluding carboxylic acids is 1. The maximum absolute atomic E-state index is 13.2. The first kappa shape index (κ1) is 25.0. The van der Waals surface area contributed by atoms with Gasteiger partial charge in [0, 0.05) is 32.2 Å². The van der Waals surface area contributed by atoms with Crippen molar-refractivity contribution in [3.05, 3.63) is 52.9 Å². The van der Waals surface area contributed by atoms with Crippen molar-refractivity contribution in [2.24, 2.45) is 11.7 Å². The fraction of sp³-hybridized carbons (Fsp3) is 0.364. The van der Waals surface area contributed by atoms with Gasteiger partial charge in [0.2, 0.25) is 5.91 Å². The molecule has 0 radical (unpaired) electrons. The average molecular weight is 518 g/mol. The molecule has 1 unspecified atom stereocenters. The number of amides is 1. The Balaban J connectivity index is 1.37. The monoisotopic (exact) mass is 517 g/mol. The van der Waals surface area contributed by atoms with Crippen LogP contribution in [-0.4, -0.2) is 66.0 Å². The van der Waals surface area contributed by atoms with Crippen molar-refractivity contribution in [1.29, 1.82) is 0 Å². The number of hydrogen-bond donors (Lipinski definition) is 3. The molecule has 35 heavy (non-hydrogen) atoms. The van der Waals surface area contributed by atoms with E-state index in [2.05, 4.69) is 25.4 Å². The van der Waals surface area contributed by atoms with E-state index in [1.54, 1.807) is 30.5 Å². The van der Waals surface area contributed by atoms with Crippen LogP contribution < -0.4 is 21.5 Å². The molecule has 1 amide bonds. The first-order valence-corrected chi connectivity index (χ1v) is 13.3. The normalized spacial score (nSPS) is 15.8. The van der Waals surface area contributed by atoms with E-state index in [1.807, 2.05) is 19.9 Å². The number of pyridine rings is 1. The molecule has 1 fully saturated rings. The van der Waals surface area contributed by atoms with Gasteiger partial charge in [0.05, 0.1) is 22.8 Å². The zero-order valence-corrected chi connectivity index (χ0v) is 21.0. The molecule has 1 saturated heterocycles. The number of anilines is 2. The SMILES string of the molecule is CC(C)C(N)C(=O)Nc1ccc(N2CCN(S(=O)(=O)c3ccc(-c4ccc(=O)[nH]n4)s3)CC2)cn1. The lowest BCUT2D eigenvalue weighted by atomic mass is 10.1. The van der Waals surface area contributed by atoms with Crippen LogP contribution in [0.5, 0.6) is 0 Å². The minimum Gasteiger partial charge on any atom is -0.368 e. The number of nitrogens with zero attached hydrogens (tertiary/aromatic N) is 4. The lowest BCUT2D eigenvalue weighted by molar-refractivity contribution is -0.118. The smallest absolute Gasteiger partial charge is 0.264 e. The van der Waals surface area contributed by atoms with Crippen LogP contribution in [0, 0.1) is 5.92 Å². The molecule has 4 rings (SSSR count). The van der Waals surface area contributed by atoms with Crippen LogP contribution in [0.2, 0.25) is 0 Å². The zero-order valence-electron chi connectivity index (χ0n) is 19.3. The van der Waals surface area contributed by atoms with Gasteiger partial charge >= 0.3 is 0 Å². The molecular weight excluding hydrogens is 490 g/mol. The Kier molecular flexibility index (Phi) is 7.31. The molecule has 0 bridgehead atoms. The summed E-state index contributed by atoms with van der Waals surface area (Å²) in [6.07, 6.45) is 1.66.